The Kier molecular flexibility index (Phi) is 6.45. The van der Waals surface area contributed by atoms with Crippen molar-refractivity contribution in [3.63, 3.8) is 0 Å². The van der Waals surface area contributed by atoms with Crippen LogP contribution in [0, 0.1) is 5.82 Å². The molecule has 106 valence electrons. The molecule has 1 amide bonds. The zero-order valence-corrected chi connectivity index (χ0v) is 11.6. The Morgan fingerprint density at radius 1 is 1.42 bits per heavy atom. The summed E-state index contributed by atoms with van der Waals surface area (Å²) in [5.41, 5.74) is 0.980. The highest BCUT2D eigenvalue weighted by molar-refractivity contribution is 5.78. The molecule has 0 saturated heterocycles. The van der Waals surface area contributed by atoms with Gasteiger partial charge >= 0.3 is 0 Å². The first kappa shape index (κ1) is 15.6. The maximum absolute atomic E-state index is 12.8. The van der Waals surface area contributed by atoms with E-state index in [1.54, 1.807) is 19.2 Å². The highest BCUT2D eigenvalue weighted by Crippen LogP contribution is 2.18. The molecule has 4 nitrogen and oxygen atoms in total. The van der Waals surface area contributed by atoms with E-state index in [1.165, 1.54) is 12.1 Å². The molecule has 0 unspecified atom stereocenters. The Morgan fingerprint density at radius 2 is 2.05 bits per heavy atom. The number of ether oxygens (including phenoxy) is 1. The largest absolute Gasteiger partial charge is 0.383 e. The normalized spacial score (nSPS) is 12.5. The van der Waals surface area contributed by atoms with Gasteiger partial charge in [-0.1, -0.05) is 12.1 Å². The molecule has 0 saturated carbocycles. The smallest absolute Gasteiger partial charge is 0.234 e. The predicted octanol–water partition coefficient (Wildman–Crippen LogP) is 1.58. The zero-order valence-electron chi connectivity index (χ0n) is 11.6. The van der Waals surface area contributed by atoms with Crippen molar-refractivity contribution in [1.82, 2.24) is 10.2 Å². The van der Waals surface area contributed by atoms with Crippen molar-refractivity contribution in [3.05, 3.63) is 35.6 Å². The number of nitrogens with one attached hydrogen (secondary N) is 1. The Bertz CT molecular complexity index is 395. The molecule has 0 spiro atoms. The number of carbonyl (C=O) groups is 1. The third kappa shape index (κ3) is 5.36. The molecule has 0 heterocycles. The Balaban J connectivity index is 2.46. The fourth-order valence-electron chi connectivity index (χ4n) is 1.71. The number of amides is 1. The monoisotopic (exact) mass is 268 g/mol. The van der Waals surface area contributed by atoms with Crippen LogP contribution in [-0.4, -0.2) is 44.7 Å². The molecule has 0 aliphatic heterocycles. The van der Waals surface area contributed by atoms with Gasteiger partial charge in [0.1, 0.15) is 5.82 Å². The van der Waals surface area contributed by atoms with Crippen LogP contribution in [-0.2, 0) is 9.53 Å². The van der Waals surface area contributed by atoms with Crippen molar-refractivity contribution in [2.24, 2.45) is 0 Å². The second-order valence-electron chi connectivity index (χ2n) is 4.49. The molecule has 19 heavy (non-hydrogen) atoms. The van der Waals surface area contributed by atoms with Crippen LogP contribution >= 0.6 is 0 Å². The molecule has 1 rings (SSSR count). The number of hydrogen-bond acceptors (Lipinski definition) is 3. The van der Waals surface area contributed by atoms with Crippen molar-refractivity contribution >= 4 is 5.91 Å². The van der Waals surface area contributed by atoms with Gasteiger partial charge in [0.25, 0.3) is 0 Å². The third-order valence-electron chi connectivity index (χ3n) is 3.03. The minimum atomic E-state index is -0.254. The van der Waals surface area contributed by atoms with Crippen molar-refractivity contribution in [2.75, 3.05) is 33.9 Å². The van der Waals surface area contributed by atoms with Gasteiger partial charge in [0.15, 0.2) is 0 Å². The summed E-state index contributed by atoms with van der Waals surface area (Å²) in [4.78, 5) is 13.6. The average molecular weight is 268 g/mol. The maximum atomic E-state index is 12.8. The van der Waals surface area contributed by atoms with E-state index in [-0.39, 0.29) is 17.8 Å². The predicted molar refractivity (Wildman–Crippen MR) is 72.3 cm³/mol. The average Bonchev–Trinajstić information content (AvgIpc) is 2.39. The molecular formula is C14H21FN2O2. The van der Waals surface area contributed by atoms with Crippen LogP contribution in [0.3, 0.4) is 0 Å². The van der Waals surface area contributed by atoms with Crippen molar-refractivity contribution in [2.45, 2.75) is 13.0 Å². The van der Waals surface area contributed by atoms with Crippen LogP contribution in [0.2, 0.25) is 0 Å². The van der Waals surface area contributed by atoms with E-state index in [9.17, 15) is 9.18 Å². The summed E-state index contributed by atoms with van der Waals surface area (Å²) in [5.74, 6) is -0.301. The number of carbonyl (C=O) groups excluding carboxylic acids is 1. The second kappa shape index (κ2) is 7.86. The van der Waals surface area contributed by atoms with E-state index in [0.29, 0.717) is 19.7 Å². The Labute approximate surface area is 113 Å². The molecule has 1 atom stereocenters. The summed E-state index contributed by atoms with van der Waals surface area (Å²) in [6.45, 7) is 3.29. The maximum Gasteiger partial charge on any atom is 0.234 e. The minimum absolute atomic E-state index is 0.0477. The van der Waals surface area contributed by atoms with E-state index in [1.807, 2.05) is 18.9 Å². The number of rotatable bonds is 7. The summed E-state index contributed by atoms with van der Waals surface area (Å²) in [7, 11) is 3.46. The van der Waals surface area contributed by atoms with Gasteiger partial charge in [0.2, 0.25) is 5.91 Å². The van der Waals surface area contributed by atoms with Gasteiger partial charge in [-0.3, -0.25) is 9.69 Å². The first-order chi connectivity index (χ1) is 9.04. The van der Waals surface area contributed by atoms with E-state index in [0.717, 1.165) is 5.56 Å². The minimum Gasteiger partial charge on any atom is -0.383 e. The molecule has 5 heteroatoms. The molecule has 0 bridgehead atoms. The number of nitrogens with zero attached hydrogens (tertiary/aromatic N) is 1. The summed E-state index contributed by atoms with van der Waals surface area (Å²) < 4.78 is 17.7. The van der Waals surface area contributed by atoms with E-state index in [2.05, 4.69) is 5.32 Å². The fourth-order valence-corrected chi connectivity index (χ4v) is 1.71. The molecule has 1 aromatic carbocycles. The van der Waals surface area contributed by atoms with Crippen LogP contribution in [0.1, 0.15) is 18.5 Å². The summed E-state index contributed by atoms with van der Waals surface area (Å²) in [6, 6.07) is 6.38. The second-order valence-corrected chi connectivity index (χ2v) is 4.49. The lowest BCUT2D eigenvalue weighted by Gasteiger charge is -2.24. The highest BCUT2D eigenvalue weighted by Gasteiger charge is 2.14. The SMILES string of the molecule is COCCNC(=O)CN(C)[C@H](C)c1ccc(F)cc1. The summed E-state index contributed by atoms with van der Waals surface area (Å²) >= 11 is 0. The summed E-state index contributed by atoms with van der Waals surface area (Å²) in [5, 5.41) is 2.76. The van der Waals surface area contributed by atoms with Crippen LogP contribution in [0.25, 0.3) is 0 Å². The number of benzene rings is 1. The molecule has 0 aliphatic carbocycles. The molecule has 0 aliphatic rings. The molecule has 0 aromatic heterocycles. The quantitative estimate of drug-likeness (QED) is 0.763. The van der Waals surface area contributed by atoms with E-state index >= 15 is 0 Å². The first-order valence-electron chi connectivity index (χ1n) is 6.26. The molecule has 1 aromatic rings. The topological polar surface area (TPSA) is 41.6 Å². The van der Waals surface area contributed by atoms with Crippen LogP contribution in [0.5, 0.6) is 0 Å². The molecule has 0 radical (unpaired) electrons. The van der Waals surface area contributed by atoms with E-state index in [4.69, 9.17) is 4.74 Å². The lowest BCUT2D eigenvalue weighted by Crippen LogP contribution is -2.37. The lowest BCUT2D eigenvalue weighted by atomic mass is 10.1. The standard InChI is InChI=1S/C14H21FN2O2/c1-11(12-4-6-13(15)7-5-12)17(2)10-14(18)16-8-9-19-3/h4-7,11H,8-10H2,1-3H3,(H,16,18)/t11-/m1/s1. The van der Waals surface area contributed by atoms with Crippen LogP contribution in [0.15, 0.2) is 24.3 Å². The molecular weight excluding hydrogens is 247 g/mol. The number of hydrogen-bond donors (Lipinski definition) is 1. The molecule has 0 fully saturated rings. The first-order valence-corrected chi connectivity index (χ1v) is 6.26. The summed E-state index contributed by atoms with van der Waals surface area (Å²) in [6.07, 6.45) is 0. The number of methoxy groups -OCH3 is 1. The van der Waals surface area contributed by atoms with Gasteiger partial charge in [-0.15, -0.1) is 0 Å². The molecule has 1 N–H and O–H groups in total. The highest BCUT2D eigenvalue weighted by atomic mass is 19.1. The fraction of sp³-hybridized carbons (Fsp3) is 0.500. The zero-order chi connectivity index (χ0) is 14.3. The third-order valence-corrected chi connectivity index (χ3v) is 3.03. The van der Waals surface area contributed by atoms with Crippen LogP contribution in [0.4, 0.5) is 4.39 Å². The lowest BCUT2D eigenvalue weighted by molar-refractivity contribution is -0.122. The number of likely N-dealkylation sites (N-methyl/N-ethyl adjacent to an activating group) is 1. The Hall–Kier alpha value is -1.46. The Morgan fingerprint density at radius 3 is 2.63 bits per heavy atom. The van der Waals surface area contributed by atoms with Crippen molar-refractivity contribution in [1.29, 1.82) is 0 Å². The van der Waals surface area contributed by atoms with Crippen molar-refractivity contribution < 1.29 is 13.9 Å². The van der Waals surface area contributed by atoms with Gasteiger partial charge in [0, 0.05) is 19.7 Å². The van der Waals surface area contributed by atoms with Gasteiger partial charge in [-0.05, 0) is 31.7 Å². The van der Waals surface area contributed by atoms with Crippen molar-refractivity contribution in [3.8, 4) is 0 Å². The van der Waals surface area contributed by atoms with Gasteiger partial charge in [-0.25, -0.2) is 4.39 Å². The van der Waals surface area contributed by atoms with Gasteiger partial charge in [-0.2, -0.15) is 0 Å². The van der Waals surface area contributed by atoms with Gasteiger partial charge in [0.05, 0.1) is 13.2 Å². The van der Waals surface area contributed by atoms with E-state index < -0.39 is 0 Å². The van der Waals surface area contributed by atoms with Crippen LogP contribution < -0.4 is 5.32 Å². The van der Waals surface area contributed by atoms with Gasteiger partial charge < -0.3 is 10.1 Å². The number of halogens is 1.